The van der Waals surface area contributed by atoms with Gasteiger partial charge in [0.15, 0.2) is 5.69 Å². The Morgan fingerprint density at radius 2 is 1.87 bits per heavy atom. The number of rotatable bonds is 4. The summed E-state index contributed by atoms with van der Waals surface area (Å²) < 4.78 is 34.4. The zero-order valence-electron chi connectivity index (χ0n) is 16.9. The van der Waals surface area contributed by atoms with E-state index < -0.39 is 16.0 Å². The van der Waals surface area contributed by atoms with E-state index in [0.717, 1.165) is 5.56 Å². The lowest BCUT2D eigenvalue weighted by molar-refractivity contribution is 0.0593. The zero-order chi connectivity index (χ0) is 22.3. The number of nitrogens with two attached hydrogens (primary N) is 1. The van der Waals surface area contributed by atoms with Crippen molar-refractivity contribution in [2.24, 2.45) is 0 Å². The largest absolute Gasteiger partial charge is 0.464 e. The summed E-state index contributed by atoms with van der Waals surface area (Å²) in [5.74, 6) is -0.696. The van der Waals surface area contributed by atoms with Gasteiger partial charge in [-0.2, -0.15) is 5.26 Å². The molecule has 9 heteroatoms. The van der Waals surface area contributed by atoms with Gasteiger partial charge in [0, 0.05) is 17.9 Å². The summed E-state index contributed by atoms with van der Waals surface area (Å²) >= 11 is 0. The molecule has 4 rings (SSSR count). The number of benzene rings is 2. The minimum Gasteiger partial charge on any atom is -0.464 e. The quantitative estimate of drug-likeness (QED) is 0.628. The van der Waals surface area contributed by atoms with E-state index in [2.05, 4.69) is 0 Å². The molecule has 0 spiro atoms. The molecule has 0 amide bonds. The van der Waals surface area contributed by atoms with Gasteiger partial charge in [-0.15, -0.1) is 0 Å². The molecule has 0 bridgehead atoms. The molecular weight excluding hydrogens is 416 g/mol. The zero-order valence-corrected chi connectivity index (χ0v) is 17.8. The maximum atomic E-state index is 13.4. The number of esters is 1. The van der Waals surface area contributed by atoms with Crippen LogP contribution in [0.5, 0.6) is 0 Å². The highest BCUT2D eigenvalue weighted by molar-refractivity contribution is 7.92. The summed E-state index contributed by atoms with van der Waals surface area (Å²) in [7, 11) is -2.57. The Labute approximate surface area is 180 Å². The first-order valence-corrected chi connectivity index (χ1v) is 11.0. The Hall–Kier alpha value is -3.77. The smallest absolute Gasteiger partial charge is 0.357 e. The molecule has 1 unspecified atom stereocenters. The van der Waals surface area contributed by atoms with E-state index in [1.807, 2.05) is 31.2 Å². The van der Waals surface area contributed by atoms with Gasteiger partial charge in [0.05, 0.1) is 28.9 Å². The normalized spacial score (nSPS) is 15.4. The van der Waals surface area contributed by atoms with Crippen LogP contribution >= 0.6 is 0 Å². The van der Waals surface area contributed by atoms with Crippen molar-refractivity contribution >= 4 is 27.4 Å². The van der Waals surface area contributed by atoms with Crippen molar-refractivity contribution in [2.45, 2.75) is 24.3 Å². The summed E-state index contributed by atoms with van der Waals surface area (Å²) in [6, 6.07) is 15.3. The van der Waals surface area contributed by atoms with Crippen LogP contribution in [0.25, 0.3) is 5.69 Å². The third kappa shape index (κ3) is 3.21. The maximum absolute atomic E-state index is 13.4. The predicted octanol–water partition coefficient (Wildman–Crippen LogP) is 2.86. The number of anilines is 2. The van der Waals surface area contributed by atoms with Gasteiger partial charge in [-0.3, -0.25) is 4.31 Å². The second-order valence-corrected chi connectivity index (χ2v) is 9.07. The fourth-order valence-corrected chi connectivity index (χ4v) is 5.61. The van der Waals surface area contributed by atoms with Crippen molar-refractivity contribution in [1.29, 1.82) is 5.26 Å². The summed E-state index contributed by atoms with van der Waals surface area (Å²) in [4.78, 5) is 12.3. The van der Waals surface area contributed by atoms with Crippen molar-refractivity contribution in [2.75, 3.05) is 17.1 Å². The number of fused-ring (bicyclic) bond motifs is 1. The second-order valence-electron chi connectivity index (χ2n) is 7.26. The minimum atomic E-state index is -3.78. The fourth-order valence-electron chi connectivity index (χ4n) is 3.91. The number of hydrogen-bond acceptors (Lipinski definition) is 6. The molecule has 1 aliphatic heterocycles. The third-order valence-electron chi connectivity index (χ3n) is 5.36. The number of nitrogens with zero attached hydrogens (tertiary/aromatic N) is 3. The highest BCUT2D eigenvalue weighted by Gasteiger charge is 2.35. The lowest BCUT2D eigenvalue weighted by Gasteiger charge is -2.24. The number of nitrogen functional groups attached to an aromatic ring is 1. The molecule has 0 saturated heterocycles. The first kappa shape index (κ1) is 20.5. The van der Waals surface area contributed by atoms with Gasteiger partial charge in [-0.25, -0.2) is 13.2 Å². The lowest BCUT2D eigenvalue weighted by Crippen LogP contribution is -2.35. The molecule has 0 aliphatic carbocycles. The van der Waals surface area contributed by atoms with Crippen LogP contribution < -0.4 is 10.0 Å². The molecular formula is C22H20N4O4S. The maximum Gasteiger partial charge on any atom is 0.357 e. The molecule has 0 fully saturated rings. The minimum absolute atomic E-state index is 0.00791. The number of ether oxygens (including phenoxy) is 1. The number of methoxy groups -OCH3 is 1. The number of hydrogen-bond donors (Lipinski definition) is 1. The summed E-state index contributed by atoms with van der Waals surface area (Å²) in [6.07, 6.45) is 2.07. The molecule has 8 nitrogen and oxygen atoms in total. The van der Waals surface area contributed by atoms with Crippen LogP contribution in [0.2, 0.25) is 0 Å². The molecule has 2 aromatic carbocycles. The van der Waals surface area contributed by atoms with Gasteiger partial charge in [-0.05, 0) is 49.2 Å². The number of para-hydroxylation sites is 1. The van der Waals surface area contributed by atoms with Crippen LogP contribution in [0, 0.1) is 11.3 Å². The van der Waals surface area contributed by atoms with Crippen molar-refractivity contribution in [3.8, 4) is 11.8 Å². The van der Waals surface area contributed by atoms with Crippen LogP contribution in [0.1, 0.15) is 28.5 Å². The van der Waals surface area contributed by atoms with Gasteiger partial charge >= 0.3 is 5.97 Å². The van der Waals surface area contributed by atoms with Crippen molar-refractivity contribution in [3.63, 3.8) is 0 Å². The topological polar surface area (TPSA) is 118 Å². The van der Waals surface area contributed by atoms with Crippen LogP contribution in [-0.4, -0.2) is 32.1 Å². The molecule has 3 aromatic rings. The van der Waals surface area contributed by atoms with E-state index in [1.54, 1.807) is 18.2 Å². The van der Waals surface area contributed by atoms with Crippen molar-refractivity contribution in [1.82, 2.24) is 4.57 Å². The standard InChI is InChI=1S/C22H20N4O4S/c1-14-11-15-5-3-4-6-19(15)26(14)31(28,29)18-9-7-17(8-10-18)25-13-16(12-23)20(24)21(25)22(27)30-2/h3-10,13-14H,11,24H2,1-2H3. The van der Waals surface area contributed by atoms with Crippen LogP contribution in [0.15, 0.2) is 59.6 Å². The first-order chi connectivity index (χ1) is 14.8. The van der Waals surface area contributed by atoms with Gasteiger partial charge < -0.3 is 15.0 Å². The molecule has 1 aromatic heterocycles. The number of carbonyl (C=O) groups is 1. The van der Waals surface area contributed by atoms with Gasteiger partial charge in [0.1, 0.15) is 6.07 Å². The number of carbonyl (C=O) groups excluding carboxylic acids is 1. The van der Waals surface area contributed by atoms with Crippen molar-refractivity contribution < 1.29 is 17.9 Å². The Morgan fingerprint density at radius 3 is 2.52 bits per heavy atom. The van der Waals surface area contributed by atoms with E-state index in [1.165, 1.54) is 34.3 Å². The molecule has 0 saturated carbocycles. The first-order valence-electron chi connectivity index (χ1n) is 9.51. The van der Waals surface area contributed by atoms with Gasteiger partial charge in [0.25, 0.3) is 10.0 Å². The summed E-state index contributed by atoms with van der Waals surface area (Å²) in [5, 5.41) is 9.25. The van der Waals surface area contributed by atoms with Crippen LogP contribution in [-0.2, 0) is 21.2 Å². The third-order valence-corrected chi connectivity index (χ3v) is 7.30. The molecule has 0 radical (unpaired) electrons. The number of sulfonamides is 1. The van der Waals surface area contributed by atoms with E-state index in [-0.39, 0.29) is 27.9 Å². The monoisotopic (exact) mass is 436 g/mol. The molecule has 2 heterocycles. The Morgan fingerprint density at radius 1 is 1.19 bits per heavy atom. The lowest BCUT2D eigenvalue weighted by atomic mass is 10.1. The van der Waals surface area contributed by atoms with E-state index >= 15 is 0 Å². The number of nitriles is 1. The summed E-state index contributed by atoms with van der Waals surface area (Å²) in [5.41, 5.74) is 8.22. The van der Waals surface area contributed by atoms with Gasteiger partial charge in [0.2, 0.25) is 0 Å². The molecule has 2 N–H and O–H groups in total. The highest BCUT2D eigenvalue weighted by atomic mass is 32.2. The van der Waals surface area contributed by atoms with Crippen LogP contribution in [0.3, 0.4) is 0 Å². The molecule has 158 valence electrons. The average Bonchev–Trinajstić information content (AvgIpc) is 3.29. The summed E-state index contributed by atoms with van der Waals surface area (Å²) in [6.45, 7) is 1.88. The Bertz CT molecular complexity index is 1320. The predicted molar refractivity (Wildman–Crippen MR) is 116 cm³/mol. The Kier molecular flexibility index (Phi) is 4.95. The van der Waals surface area contributed by atoms with E-state index in [4.69, 9.17) is 10.5 Å². The second kappa shape index (κ2) is 7.49. The van der Waals surface area contributed by atoms with Gasteiger partial charge in [-0.1, -0.05) is 18.2 Å². The Balaban J connectivity index is 1.75. The van der Waals surface area contributed by atoms with Crippen molar-refractivity contribution in [3.05, 3.63) is 71.5 Å². The average molecular weight is 436 g/mol. The molecule has 1 aliphatic rings. The molecule has 31 heavy (non-hydrogen) atoms. The molecule has 1 atom stereocenters. The van der Waals surface area contributed by atoms with E-state index in [9.17, 15) is 18.5 Å². The number of aromatic nitrogens is 1. The SMILES string of the molecule is COC(=O)c1c(N)c(C#N)cn1-c1ccc(S(=O)(=O)N2c3ccccc3CC2C)cc1. The highest BCUT2D eigenvalue weighted by Crippen LogP contribution is 2.36. The fraction of sp³-hybridized carbons (Fsp3) is 0.182. The van der Waals surface area contributed by atoms with E-state index in [0.29, 0.717) is 17.8 Å². The van der Waals surface area contributed by atoms with Crippen LogP contribution in [0.4, 0.5) is 11.4 Å².